The molecule has 0 unspecified atom stereocenters. The third-order valence-electron chi connectivity index (χ3n) is 3.52. The molecule has 19 heavy (non-hydrogen) atoms. The highest BCUT2D eigenvalue weighted by Crippen LogP contribution is 2.13. The smallest absolute Gasteiger partial charge is 0.221 e. The summed E-state index contributed by atoms with van der Waals surface area (Å²) in [7, 11) is 0. The summed E-state index contributed by atoms with van der Waals surface area (Å²) in [4.78, 5) is 13.9. The van der Waals surface area contributed by atoms with E-state index in [0.29, 0.717) is 18.3 Å². The van der Waals surface area contributed by atoms with Crippen LogP contribution in [0.1, 0.15) is 24.8 Å². The molecule has 104 valence electrons. The zero-order chi connectivity index (χ0) is 13.5. The number of carbonyl (C=O) groups excluding carboxylic acids is 1. The lowest BCUT2D eigenvalue weighted by atomic mass is 10.0. The van der Waals surface area contributed by atoms with Crippen molar-refractivity contribution in [2.45, 2.75) is 31.8 Å². The quantitative estimate of drug-likeness (QED) is 0.840. The third-order valence-corrected chi connectivity index (χ3v) is 3.71. The molecule has 1 aliphatic rings. The van der Waals surface area contributed by atoms with Gasteiger partial charge in [-0.1, -0.05) is 30.3 Å². The highest BCUT2D eigenvalue weighted by molar-refractivity contribution is 6.18. The molecule has 1 saturated heterocycles. The van der Waals surface area contributed by atoms with E-state index in [1.807, 2.05) is 6.07 Å². The van der Waals surface area contributed by atoms with Crippen LogP contribution in [0.15, 0.2) is 30.3 Å². The van der Waals surface area contributed by atoms with Crippen LogP contribution >= 0.6 is 11.6 Å². The maximum Gasteiger partial charge on any atom is 0.221 e. The van der Waals surface area contributed by atoms with Crippen LogP contribution in [-0.2, 0) is 11.3 Å². The molecule has 0 bridgehead atoms. The minimum absolute atomic E-state index is 0.0801. The predicted molar refractivity (Wildman–Crippen MR) is 78.2 cm³/mol. The van der Waals surface area contributed by atoms with Crippen LogP contribution in [0.5, 0.6) is 0 Å². The van der Waals surface area contributed by atoms with Crippen LogP contribution in [0.4, 0.5) is 0 Å². The van der Waals surface area contributed by atoms with Gasteiger partial charge in [-0.2, -0.15) is 0 Å². The molecule has 0 radical (unpaired) electrons. The number of nitrogens with zero attached hydrogens (tertiary/aromatic N) is 1. The predicted octanol–water partition coefficient (Wildman–Crippen LogP) is 2.40. The molecule has 2 rings (SSSR count). The minimum Gasteiger partial charge on any atom is -0.353 e. The molecule has 1 aromatic rings. The van der Waals surface area contributed by atoms with Crippen molar-refractivity contribution in [1.29, 1.82) is 0 Å². The Hall–Kier alpha value is -1.06. The maximum absolute atomic E-state index is 11.5. The van der Waals surface area contributed by atoms with Crippen LogP contribution in [0.2, 0.25) is 0 Å². The SMILES string of the molecule is O=C(CCCl)NC1CCN(Cc2ccccc2)CC1. The number of hydrogen-bond acceptors (Lipinski definition) is 2. The standard InChI is InChI=1S/C15H21ClN2O/c16-9-6-15(19)17-14-7-10-18(11-8-14)12-13-4-2-1-3-5-13/h1-5,14H,6-12H2,(H,17,19). The van der Waals surface area contributed by atoms with E-state index in [0.717, 1.165) is 32.5 Å². The summed E-state index contributed by atoms with van der Waals surface area (Å²) in [6.45, 7) is 3.09. The average Bonchev–Trinajstić information content (AvgIpc) is 2.42. The molecule has 1 N–H and O–H groups in total. The highest BCUT2D eigenvalue weighted by Gasteiger charge is 2.20. The van der Waals surface area contributed by atoms with E-state index in [-0.39, 0.29) is 5.91 Å². The van der Waals surface area contributed by atoms with Crippen molar-refractivity contribution in [3.05, 3.63) is 35.9 Å². The molecule has 0 spiro atoms. The average molecular weight is 281 g/mol. The van der Waals surface area contributed by atoms with Crippen molar-refractivity contribution in [2.24, 2.45) is 0 Å². The van der Waals surface area contributed by atoms with Gasteiger partial charge in [0.1, 0.15) is 0 Å². The first-order chi connectivity index (χ1) is 9.28. The zero-order valence-electron chi connectivity index (χ0n) is 11.1. The number of alkyl halides is 1. The number of amides is 1. The van der Waals surface area contributed by atoms with Crippen molar-refractivity contribution in [3.63, 3.8) is 0 Å². The molecule has 3 nitrogen and oxygen atoms in total. The molecule has 0 saturated carbocycles. The fourth-order valence-electron chi connectivity index (χ4n) is 2.46. The van der Waals surface area contributed by atoms with Gasteiger partial charge in [-0.25, -0.2) is 0 Å². The van der Waals surface area contributed by atoms with Crippen LogP contribution in [-0.4, -0.2) is 35.8 Å². The van der Waals surface area contributed by atoms with Crippen LogP contribution < -0.4 is 5.32 Å². The zero-order valence-corrected chi connectivity index (χ0v) is 11.9. The van der Waals surface area contributed by atoms with Crippen LogP contribution in [0.3, 0.4) is 0 Å². The molecule has 4 heteroatoms. The molecule has 0 atom stereocenters. The summed E-state index contributed by atoms with van der Waals surface area (Å²) < 4.78 is 0. The van der Waals surface area contributed by atoms with E-state index < -0.39 is 0 Å². The molecular weight excluding hydrogens is 260 g/mol. The molecule has 0 aliphatic carbocycles. The van der Waals surface area contributed by atoms with Crippen molar-refractivity contribution >= 4 is 17.5 Å². The Bertz CT molecular complexity index is 388. The Labute approximate surface area is 119 Å². The molecule has 1 amide bonds. The van der Waals surface area contributed by atoms with Gasteiger partial charge in [0, 0.05) is 38.0 Å². The number of piperidine rings is 1. The molecule has 1 heterocycles. The van der Waals surface area contributed by atoms with E-state index in [9.17, 15) is 4.79 Å². The summed E-state index contributed by atoms with van der Waals surface area (Å²) in [5.74, 6) is 0.482. The summed E-state index contributed by atoms with van der Waals surface area (Å²) in [6, 6.07) is 10.8. The molecule has 0 aromatic heterocycles. The van der Waals surface area contributed by atoms with Gasteiger partial charge in [0.25, 0.3) is 0 Å². The third kappa shape index (κ3) is 4.84. The highest BCUT2D eigenvalue weighted by atomic mass is 35.5. The van der Waals surface area contributed by atoms with Gasteiger partial charge in [-0.05, 0) is 18.4 Å². The number of halogens is 1. The second-order valence-corrected chi connectivity index (χ2v) is 5.42. The first-order valence-corrected chi connectivity index (χ1v) is 7.43. The molecular formula is C15H21ClN2O. The fraction of sp³-hybridized carbons (Fsp3) is 0.533. The normalized spacial score (nSPS) is 17.3. The minimum atomic E-state index is 0.0801. The number of rotatable bonds is 5. The number of likely N-dealkylation sites (tertiary alicyclic amines) is 1. The molecule has 1 aromatic carbocycles. The van der Waals surface area contributed by atoms with Crippen molar-refractivity contribution in [2.75, 3.05) is 19.0 Å². The fourth-order valence-corrected chi connectivity index (χ4v) is 2.63. The van der Waals surface area contributed by atoms with Crippen molar-refractivity contribution in [1.82, 2.24) is 10.2 Å². The van der Waals surface area contributed by atoms with Gasteiger partial charge < -0.3 is 5.32 Å². The molecule has 1 fully saturated rings. The van der Waals surface area contributed by atoms with Gasteiger partial charge in [-0.15, -0.1) is 11.6 Å². The number of hydrogen-bond donors (Lipinski definition) is 1. The molecule has 1 aliphatic heterocycles. The monoisotopic (exact) mass is 280 g/mol. The Morgan fingerprint density at radius 2 is 1.95 bits per heavy atom. The lowest BCUT2D eigenvalue weighted by Crippen LogP contribution is -2.44. The Morgan fingerprint density at radius 3 is 2.58 bits per heavy atom. The van der Waals surface area contributed by atoms with Crippen LogP contribution in [0.25, 0.3) is 0 Å². The van der Waals surface area contributed by atoms with Gasteiger partial charge in [0.05, 0.1) is 0 Å². The largest absolute Gasteiger partial charge is 0.353 e. The first kappa shape index (κ1) is 14.4. The number of carbonyl (C=O) groups is 1. The number of benzene rings is 1. The summed E-state index contributed by atoms with van der Waals surface area (Å²) in [5, 5.41) is 3.05. The summed E-state index contributed by atoms with van der Waals surface area (Å²) in [5.41, 5.74) is 1.35. The van der Waals surface area contributed by atoms with Gasteiger partial charge >= 0.3 is 0 Å². The topological polar surface area (TPSA) is 32.3 Å². The van der Waals surface area contributed by atoms with E-state index in [1.165, 1.54) is 5.56 Å². The Kier molecular flexibility index (Phi) is 5.67. The van der Waals surface area contributed by atoms with Crippen LogP contribution in [0, 0.1) is 0 Å². The second kappa shape index (κ2) is 7.51. The van der Waals surface area contributed by atoms with E-state index in [1.54, 1.807) is 0 Å². The maximum atomic E-state index is 11.5. The Balaban J connectivity index is 1.72. The first-order valence-electron chi connectivity index (χ1n) is 6.89. The summed E-state index contributed by atoms with van der Waals surface area (Å²) in [6.07, 6.45) is 2.48. The Morgan fingerprint density at radius 1 is 1.26 bits per heavy atom. The van der Waals surface area contributed by atoms with Gasteiger partial charge in [0.15, 0.2) is 0 Å². The number of nitrogens with one attached hydrogen (secondary N) is 1. The van der Waals surface area contributed by atoms with Gasteiger partial charge in [0.2, 0.25) is 5.91 Å². The van der Waals surface area contributed by atoms with Crippen molar-refractivity contribution in [3.8, 4) is 0 Å². The van der Waals surface area contributed by atoms with Crippen molar-refractivity contribution < 1.29 is 4.79 Å². The van der Waals surface area contributed by atoms with E-state index >= 15 is 0 Å². The van der Waals surface area contributed by atoms with Gasteiger partial charge in [-0.3, -0.25) is 9.69 Å². The lowest BCUT2D eigenvalue weighted by Gasteiger charge is -2.32. The van der Waals surface area contributed by atoms with E-state index in [2.05, 4.69) is 34.5 Å². The summed E-state index contributed by atoms with van der Waals surface area (Å²) >= 11 is 5.56. The van der Waals surface area contributed by atoms with E-state index in [4.69, 9.17) is 11.6 Å². The second-order valence-electron chi connectivity index (χ2n) is 5.04. The lowest BCUT2D eigenvalue weighted by molar-refractivity contribution is -0.121.